The highest BCUT2D eigenvalue weighted by atomic mass is 19.1. The van der Waals surface area contributed by atoms with Gasteiger partial charge in [-0.25, -0.2) is 9.18 Å². The van der Waals surface area contributed by atoms with E-state index in [1.165, 1.54) is 17.0 Å². The molecule has 2 amide bonds. The van der Waals surface area contributed by atoms with Crippen molar-refractivity contribution in [2.45, 2.75) is 32.4 Å². The summed E-state index contributed by atoms with van der Waals surface area (Å²) in [5.74, 6) is -0.350. The third-order valence-corrected chi connectivity index (χ3v) is 3.83. The van der Waals surface area contributed by atoms with Crippen molar-refractivity contribution in [3.05, 3.63) is 71.5 Å². The molecule has 1 atom stereocenters. The van der Waals surface area contributed by atoms with Gasteiger partial charge in [0.15, 0.2) is 0 Å². The fourth-order valence-corrected chi connectivity index (χ4v) is 2.70. The summed E-state index contributed by atoms with van der Waals surface area (Å²) in [5.41, 5.74) is 0.536. The van der Waals surface area contributed by atoms with E-state index in [0.717, 1.165) is 5.56 Å². The van der Waals surface area contributed by atoms with Crippen molar-refractivity contribution in [3.63, 3.8) is 0 Å². The zero-order valence-corrected chi connectivity index (χ0v) is 14.9. The van der Waals surface area contributed by atoms with E-state index in [1.54, 1.807) is 26.0 Å². The van der Waals surface area contributed by atoms with Crippen molar-refractivity contribution in [2.75, 3.05) is 13.1 Å². The number of carbonyl (C=O) groups is 1. The fourth-order valence-electron chi connectivity index (χ4n) is 2.70. The Hall–Kier alpha value is -2.40. The lowest BCUT2D eigenvalue weighted by Crippen LogP contribution is -2.47. The van der Waals surface area contributed by atoms with Crippen LogP contribution in [0.15, 0.2) is 54.6 Å². The van der Waals surface area contributed by atoms with Gasteiger partial charge in [-0.15, -0.1) is 0 Å². The van der Waals surface area contributed by atoms with E-state index in [9.17, 15) is 14.3 Å². The molecular formula is C20H25FN2O2. The van der Waals surface area contributed by atoms with Gasteiger partial charge in [0.1, 0.15) is 5.82 Å². The molecule has 1 unspecified atom stereocenters. The molecule has 2 aromatic rings. The molecule has 0 saturated carbocycles. The Balaban J connectivity index is 2.29. The van der Waals surface area contributed by atoms with Gasteiger partial charge in [-0.3, -0.25) is 0 Å². The lowest BCUT2D eigenvalue weighted by molar-refractivity contribution is 0.0477. The molecule has 0 fully saturated rings. The first-order valence-electron chi connectivity index (χ1n) is 8.38. The molecule has 0 spiro atoms. The molecular weight excluding hydrogens is 319 g/mol. The Kier molecular flexibility index (Phi) is 6.15. The van der Waals surface area contributed by atoms with Crippen LogP contribution in [0.3, 0.4) is 0 Å². The molecule has 4 nitrogen and oxygen atoms in total. The summed E-state index contributed by atoms with van der Waals surface area (Å²) in [6.45, 7) is 5.83. The molecule has 2 rings (SSSR count). The van der Waals surface area contributed by atoms with E-state index in [-0.39, 0.29) is 18.4 Å². The van der Waals surface area contributed by atoms with Gasteiger partial charge in [0.05, 0.1) is 18.2 Å². The van der Waals surface area contributed by atoms with Gasteiger partial charge in [0.2, 0.25) is 0 Å². The third kappa shape index (κ3) is 5.57. The minimum atomic E-state index is -0.992. The van der Waals surface area contributed by atoms with Crippen molar-refractivity contribution in [1.29, 1.82) is 0 Å². The van der Waals surface area contributed by atoms with E-state index in [0.29, 0.717) is 12.1 Å². The summed E-state index contributed by atoms with van der Waals surface area (Å²) >= 11 is 0. The number of urea groups is 1. The summed E-state index contributed by atoms with van der Waals surface area (Å²) in [6, 6.07) is 14.9. The van der Waals surface area contributed by atoms with Crippen molar-refractivity contribution < 1.29 is 14.3 Å². The van der Waals surface area contributed by atoms with E-state index in [2.05, 4.69) is 5.32 Å². The number of aliphatic hydroxyl groups is 1. The normalized spacial score (nSPS) is 12.5. The molecule has 0 radical (unpaired) electrons. The Bertz CT molecular complexity index is 698. The molecule has 134 valence electrons. The highest BCUT2D eigenvalue weighted by molar-refractivity contribution is 5.75. The number of amides is 2. The minimum absolute atomic E-state index is 0.208. The van der Waals surface area contributed by atoms with Crippen LogP contribution in [0.25, 0.3) is 0 Å². The van der Waals surface area contributed by atoms with E-state index in [1.807, 2.05) is 37.3 Å². The van der Waals surface area contributed by atoms with Crippen molar-refractivity contribution in [3.8, 4) is 0 Å². The zero-order chi connectivity index (χ0) is 18.4. The maximum absolute atomic E-state index is 13.7. The highest BCUT2D eigenvalue weighted by Crippen LogP contribution is 2.23. The van der Waals surface area contributed by atoms with Crippen LogP contribution in [0.4, 0.5) is 9.18 Å². The monoisotopic (exact) mass is 344 g/mol. The van der Waals surface area contributed by atoms with Gasteiger partial charge in [0, 0.05) is 6.54 Å². The lowest BCUT2D eigenvalue weighted by atomic mass is 9.98. The van der Waals surface area contributed by atoms with Crippen LogP contribution in [-0.2, 0) is 0 Å². The summed E-state index contributed by atoms with van der Waals surface area (Å²) in [7, 11) is 0. The largest absolute Gasteiger partial charge is 0.389 e. The molecule has 0 aliphatic heterocycles. The number of benzene rings is 2. The highest BCUT2D eigenvalue weighted by Gasteiger charge is 2.24. The predicted octanol–water partition coefficient (Wildman–Crippen LogP) is 3.72. The van der Waals surface area contributed by atoms with Crippen LogP contribution in [-0.4, -0.2) is 34.7 Å². The van der Waals surface area contributed by atoms with Crippen molar-refractivity contribution in [2.24, 2.45) is 0 Å². The molecule has 25 heavy (non-hydrogen) atoms. The van der Waals surface area contributed by atoms with E-state index < -0.39 is 11.6 Å². The second-order valence-electron chi connectivity index (χ2n) is 6.67. The van der Waals surface area contributed by atoms with Gasteiger partial charge in [-0.05, 0) is 44.0 Å². The number of likely N-dealkylation sites (N-methyl/N-ethyl adjacent to an activating group) is 1. The smallest absolute Gasteiger partial charge is 0.318 e. The van der Waals surface area contributed by atoms with E-state index >= 15 is 0 Å². The number of halogens is 1. The first-order valence-corrected chi connectivity index (χ1v) is 8.38. The predicted molar refractivity (Wildman–Crippen MR) is 96.8 cm³/mol. The number of hydrogen-bond acceptors (Lipinski definition) is 2. The van der Waals surface area contributed by atoms with Gasteiger partial charge in [-0.2, -0.15) is 0 Å². The summed E-state index contributed by atoms with van der Waals surface area (Å²) in [6.07, 6.45) is 0. The molecule has 0 aromatic heterocycles. The SMILES string of the molecule is CCN(CC(C)(C)O)C(=O)NC(c1ccccc1)c1cccc(F)c1. The fraction of sp³-hybridized carbons (Fsp3) is 0.350. The number of nitrogens with zero attached hydrogens (tertiary/aromatic N) is 1. The second kappa shape index (κ2) is 8.12. The van der Waals surface area contributed by atoms with Crippen LogP contribution >= 0.6 is 0 Å². The Morgan fingerprint density at radius 1 is 1.16 bits per heavy atom. The van der Waals surface area contributed by atoms with Gasteiger partial charge >= 0.3 is 6.03 Å². The molecule has 2 N–H and O–H groups in total. The van der Waals surface area contributed by atoms with Crippen LogP contribution in [0.1, 0.15) is 37.9 Å². The van der Waals surface area contributed by atoms with Gasteiger partial charge < -0.3 is 15.3 Å². The van der Waals surface area contributed by atoms with Crippen LogP contribution in [0.5, 0.6) is 0 Å². The molecule has 5 heteroatoms. The van der Waals surface area contributed by atoms with Gasteiger partial charge in [0.25, 0.3) is 0 Å². The standard InChI is InChI=1S/C20H25FN2O2/c1-4-23(14-20(2,3)25)19(24)22-18(15-9-6-5-7-10-15)16-11-8-12-17(21)13-16/h5-13,18,25H,4,14H2,1-3H3,(H,22,24). The first kappa shape index (κ1) is 18.9. The third-order valence-electron chi connectivity index (χ3n) is 3.83. The lowest BCUT2D eigenvalue weighted by Gasteiger charge is -2.30. The van der Waals surface area contributed by atoms with E-state index in [4.69, 9.17) is 0 Å². The molecule has 0 aliphatic rings. The van der Waals surface area contributed by atoms with Crippen LogP contribution < -0.4 is 5.32 Å². The number of nitrogens with one attached hydrogen (secondary N) is 1. The summed E-state index contributed by atoms with van der Waals surface area (Å²) < 4.78 is 13.7. The van der Waals surface area contributed by atoms with Gasteiger partial charge in [-0.1, -0.05) is 42.5 Å². The molecule has 0 saturated heterocycles. The molecule has 0 aliphatic carbocycles. The second-order valence-corrected chi connectivity index (χ2v) is 6.67. The number of rotatable bonds is 6. The quantitative estimate of drug-likeness (QED) is 0.839. The van der Waals surface area contributed by atoms with Crippen molar-refractivity contribution in [1.82, 2.24) is 10.2 Å². The number of hydrogen-bond donors (Lipinski definition) is 2. The van der Waals surface area contributed by atoms with Crippen LogP contribution in [0, 0.1) is 5.82 Å². The average molecular weight is 344 g/mol. The maximum atomic E-state index is 13.7. The topological polar surface area (TPSA) is 52.6 Å². The molecule has 2 aromatic carbocycles. The molecule has 0 bridgehead atoms. The van der Waals surface area contributed by atoms with Crippen LogP contribution in [0.2, 0.25) is 0 Å². The Labute approximate surface area is 148 Å². The minimum Gasteiger partial charge on any atom is -0.389 e. The summed E-state index contributed by atoms with van der Waals surface area (Å²) in [5, 5.41) is 13.0. The maximum Gasteiger partial charge on any atom is 0.318 e. The summed E-state index contributed by atoms with van der Waals surface area (Å²) in [4.78, 5) is 14.2. The number of carbonyl (C=O) groups excluding carboxylic acids is 1. The zero-order valence-electron chi connectivity index (χ0n) is 14.9. The molecule has 0 heterocycles. The average Bonchev–Trinajstić information content (AvgIpc) is 2.57. The Morgan fingerprint density at radius 3 is 2.36 bits per heavy atom. The first-order chi connectivity index (χ1) is 11.8. The van der Waals surface area contributed by atoms with Crippen molar-refractivity contribution >= 4 is 6.03 Å². The Morgan fingerprint density at radius 2 is 1.80 bits per heavy atom.